The van der Waals surface area contributed by atoms with E-state index in [4.69, 9.17) is 5.73 Å². The molecule has 0 aromatic carbocycles. The summed E-state index contributed by atoms with van der Waals surface area (Å²) < 4.78 is 1.04. The molecule has 2 rings (SSSR count). The van der Waals surface area contributed by atoms with Crippen molar-refractivity contribution in [3.05, 3.63) is 22.3 Å². The van der Waals surface area contributed by atoms with Gasteiger partial charge in [-0.25, -0.2) is 0 Å². The van der Waals surface area contributed by atoms with E-state index in [1.165, 1.54) is 11.3 Å². The predicted molar refractivity (Wildman–Crippen MR) is 90.0 cm³/mol. The summed E-state index contributed by atoms with van der Waals surface area (Å²) in [6.07, 6.45) is 1.90. The first-order valence-electron chi connectivity index (χ1n) is 7.34. The molecule has 4 nitrogen and oxygen atoms in total. The van der Waals surface area contributed by atoms with Gasteiger partial charge < -0.3 is 10.6 Å². The molecule has 0 saturated carbocycles. The van der Waals surface area contributed by atoms with E-state index in [-0.39, 0.29) is 11.9 Å². The summed E-state index contributed by atoms with van der Waals surface area (Å²) in [7, 11) is 1.86. The smallest absolute Gasteiger partial charge is 0.266 e. The van der Waals surface area contributed by atoms with Crippen LogP contribution in [0.15, 0.2) is 6.07 Å². The van der Waals surface area contributed by atoms with Crippen molar-refractivity contribution in [2.45, 2.75) is 46.6 Å². The first-order valence-corrected chi connectivity index (χ1v) is 8.15. The maximum atomic E-state index is 12.7. The number of nitrogen functional groups attached to an aromatic ring is 1. The number of pyridine rings is 1. The van der Waals surface area contributed by atoms with Crippen LogP contribution < -0.4 is 5.73 Å². The fraction of sp³-hybridized carbons (Fsp3) is 0.500. The molecular weight excluding hydrogens is 282 g/mol. The van der Waals surface area contributed by atoms with Gasteiger partial charge in [-0.05, 0) is 32.8 Å². The van der Waals surface area contributed by atoms with Gasteiger partial charge in [0.1, 0.15) is 4.88 Å². The molecular formula is C16H23N3OS. The Labute approximate surface area is 130 Å². The third kappa shape index (κ3) is 2.75. The molecule has 0 fully saturated rings. The summed E-state index contributed by atoms with van der Waals surface area (Å²) in [5.41, 5.74) is 8.65. The van der Waals surface area contributed by atoms with Crippen molar-refractivity contribution in [3.8, 4) is 0 Å². The number of hydrogen-bond acceptors (Lipinski definition) is 4. The van der Waals surface area contributed by atoms with Gasteiger partial charge in [-0.15, -0.1) is 11.3 Å². The lowest BCUT2D eigenvalue weighted by Gasteiger charge is -2.25. The van der Waals surface area contributed by atoms with Gasteiger partial charge in [0.2, 0.25) is 0 Å². The maximum Gasteiger partial charge on any atom is 0.266 e. The number of aryl methyl sites for hydroxylation is 2. The zero-order valence-electron chi connectivity index (χ0n) is 13.4. The van der Waals surface area contributed by atoms with Crippen LogP contribution in [0.5, 0.6) is 0 Å². The highest BCUT2D eigenvalue weighted by Gasteiger charge is 2.24. The average Bonchev–Trinajstić information content (AvgIpc) is 2.76. The second-order valence-corrected chi connectivity index (χ2v) is 6.51. The summed E-state index contributed by atoms with van der Waals surface area (Å²) in [6, 6.07) is 2.25. The first-order chi connectivity index (χ1) is 9.90. The second-order valence-electron chi connectivity index (χ2n) is 5.45. The normalized spacial score (nSPS) is 11.3. The summed E-state index contributed by atoms with van der Waals surface area (Å²) >= 11 is 1.47. The van der Waals surface area contributed by atoms with E-state index < -0.39 is 0 Å². The summed E-state index contributed by atoms with van der Waals surface area (Å²) in [5.74, 6) is 0.0134. The zero-order chi connectivity index (χ0) is 15.7. The van der Waals surface area contributed by atoms with Crippen LogP contribution in [0.25, 0.3) is 10.1 Å². The minimum absolute atomic E-state index is 0.0134. The Kier molecular flexibility index (Phi) is 4.52. The number of fused-ring (bicyclic) bond motifs is 1. The van der Waals surface area contributed by atoms with Crippen molar-refractivity contribution in [1.82, 2.24) is 9.88 Å². The molecule has 0 aliphatic rings. The molecule has 2 aromatic rings. The van der Waals surface area contributed by atoms with Crippen LogP contribution in [-0.2, 0) is 0 Å². The van der Waals surface area contributed by atoms with E-state index in [2.05, 4.69) is 18.8 Å². The predicted octanol–water partition coefficient (Wildman–Crippen LogP) is 3.76. The Morgan fingerprint density at radius 2 is 2.00 bits per heavy atom. The highest BCUT2D eigenvalue weighted by atomic mass is 32.1. The van der Waals surface area contributed by atoms with Crippen LogP contribution >= 0.6 is 11.3 Å². The molecule has 21 heavy (non-hydrogen) atoms. The third-order valence-corrected chi connectivity index (χ3v) is 5.16. The summed E-state index contributed by atoms with van der Waals surface area (Å²) in [6.45, 7) is 8.10. The van der Waals surface area contributed by atoms with Crippen molar-refractivity contribution in [2.75, 3.05) is 12.8 Å². The largest absolute Gasteiger partial charge is 0.397 e. The van der Waals surface area contributed by atoms with E-state index >= 15 is 0 Å². The van der Waals surface area contributed by atoms with Gasteiger partial charge >= 0.3 is 0 Å². The van der Waals surface area contributed by atoms with Crippen LogP contribution in [0.2, 0.25) is 0 Å². The Balaban J connectivity index is 2.50. The van der Waals surface area contributed by atoms with E-state index in [1.54, 1.807) is 0 Å². The van der Waals surface area contributed by atoms with E-state index in [0.717, 1.165) is 34.3 Å². The molecule has 0 aliphatic carbocycles. The second kappa shape index (κ2) is 6.02. The number of carbonyl (C=O) groups is 1. The molecule has 5 heteroatoms. The lowest BCUT2D eigenvalue weighted by atomic mass is 10.1. The van der Waals surface area contributed by atoms with Gasteiger partial charge in [-0.3, -0.25) is 9.78 Å². The molecule has 2 N–H and O–H groups in total. The third-order valence-electron chi connectivity index (χ3n) is 4.02. The summed E-state index contributed by atoms with van der Waals surface area (Å²) in [5, 5.41) is 0.923. The minimum atomic E-state index is 0.0134. The van der Waals surface area contributed by atoms with Gasteiger partial charge in [-0.1, -0.05) is 13.8 Å². The first kappa shape index (κ1) is 15.8. The lowest BCUT2D eigenvalue weighted by molar-refractivity contribution is 0.0729. The van der Waals surface area contributed by atoms with Gasteiger partial charge in [0.25, 0.3) is 5.91 Å². The van der Waals surface area contributed by atoms with E-state index in [9.17, 15) is 4.79 Å². The van der Waals surface area contributed by atoms with E-state index in [0.29, 0.717) is 10.6 Å². The van der Waals surface area contributed by atoms with Gasteiger partial charge in [0.05, 0.1) is 5.69 Å². The molecule has 0 aliphatic heterocycles. The number of carbonyl (C=O) groups excluding carboxylic acids is 1. The molecule has 0 bridgehead atoms. The van der Waals surface area contributed by atoms with Gasteiger partial charge in [0, 0.05) is 34.6 Å². The Bertz CT molecular complexity index is 674. The Morgan fingerprint density at radius 3 is 2.57 bits per heavy atom. The van der Waals surface area contributed by atoms with E-state index in [1.807, 2.05) is 31.9 Å². The monoisotopic (exact) mass is 305 g/mol. The Morgan fingerprint density at radius 1 is 1.38 bits per heavy atom. The highest BCUT2D eigenvalue weighted by molar-refractivity contribution is 7.21. The quantitative estimate of drug-likeness (QED) is 0.935. The average molecular weight is 305 g/mol. The summed E-state index contributed by atoms with van der Waals surface area (Å²) in [4.78, 5) is 19.6. The van der Waals surface area contributed by atoms with Crippen LogP contribution in [0, 0.1) is 13.8 Å². The number of amides is 1. The molecule has 2 aromatic heterocycles. The van der Waals surface area contributed by atoms with Crippen LogP contribution in [0.3, 0.4) is 0 Å². The molecule has 1 amide bonds. The molecule has 114 valence electrons. The number of thiophene rings is 1. The molecule has 0 spiro atoms. The van der Waals surface area contributed by atoms with Crippen molar-refractivity contribution in [2.24, 2.45) is 0 Å². The number of nitrogens with zero attached hydrogens (tertiary/aromatic N) is 2. The fourth-order valence-corrected chi connectivity index (χ4v) is 4.05. The molecule has 0 unspecified atom stereocenters. The SMILES string of the molecule is CCC(CC)N(C)C(=O)c1sc2cc(C)nc(C)c2c1N. The minimum Gasteiger partial charge on any atom is -0.397 e. The molecule has 0 saturated heterocycles. The number of nitrogens with two attached hydrogens (primary N) is 1. The Hall–Kier alpha value is -1.62. The molecule has 2 heterocycles. The maximum absolute atomic E-state index is 12.7. The van der Waals surface area contributed by atoms with Crippen molar-refractivity contribution < 1.29 is 4.79 Å². The fourth-order valence-electron chi connectivity index (χ4n) is 2.80. The van der Waals surface area contributed by atoms with Crippen LogP contribution in [-0.4, -0.2) is 28.9 Å². The zero-order valence-corrected chi connectivity index (χ0v) is 14.2. The standard InChI is InChI=1S/C16H23N3OS/c1-6-11(7-2)19(5)16(20)15-14(17)13-10(4)18-9(3)8-12(13)21-15/h8,11H,6-7,17H2,1-5H3. The van der Waals surface area contributed by atoms with Crippen molar-refractivity contribution in [3.63, 3.8) is 0 Å². The number of hydrogen-bond donors (Lipinski definition) is 1. The van der Waals surface area contributed by atoms with Crippen molar-refractivity contribution in [1.29, 1.82) is 0 Å². The molecule has 0 radical (unpaired) electrons. The number of anilines is 1. The van der Waals surface area contributed by atoms with Crippen LogP contribution in [0.4, 0.5) is 5.69 Å². The number of rotatable bonds is 4. The topological polar surface area (TPSA) is 59.2 Å². The molecule has 0 atom stereocenters. The highest BCUT2D eigenvalue weighted by Crippen LogP contribution is 2.36. The van der Waals surface area contributed by atoms with Crippen molar-refractivity contribution >= 4 is 33.0 Å². The number of aromatic nitrogens is 1. The lowest BCUT2D eigenvalue weighted by Crippen LogP contribution is -2.36. The van der Waals surface area contributed by atoms with Gasteiger partial charge in [0.15, 0.2) is 0 Å². The van der Waals surface area contributed by atoms with Gasteiger partial charge in [-0.2, -0.15) is 0 Å². The van der Waals surface area contributed by atoms with Crippen LogP contribution in [0.1, 0.15) is 47.7 Å².